The van der Waals surface area contributed by atoms with Crippen molar-refractivity contribution >= 4 is 22.0 Å². The molecule has 0 saturated carbocycles. The van der Waals surface area contributed by atoms with Crippen LogP contribution in [0.5, 0.6) is 0 Å². The summed E-state index contributed by atoms with van der Waals surface area (Å²) < 4.78 is 19.4. The second kappa shape index (κ2) is 3.20. The van der Waals surface area contributed by atoms with Crippen LogP contribution in [0.2, 0.25) is 0 Å². The van der Waals surface area contributed by atoms with Crippen molar-refractivity contribution in [3.8, 4) is 0 Å². The molecule has 0 bridgehead atoms. The van der Waals surface area contributed by atoms with Gasteiger partial charge in [-0.05, 0) is 12.1 Å². The zero-order chi connectivity index (χ0) is 9.26. The van der Waals surface area contributed by atoms with Gasteiger partial charge in [-0.2, -0.15) is 0 Å². The molecule has 2 aromatic rings. The van der Waals surface area contributed by atoms with Crippen LogP contribution in [-0.4, -0.2) is 18.7 Å². The minimum Gasteiger partial charge on any atom is -0.301 e. The summed E-state index contributed by atoms with van der Waals surface area (Å²) in [7, 11) is 0. The minimum atomic E-state index is -2.02. The van der Waals surface area contributed by atoms with E-state index in [0.29, 0.717) is 0 Å². The van der Waals surface area contributed by atoms with E-state index in [-0.39, 0.29) is 5.03 Å². The van der Waals surface area contributed by atoms with Crippen LogP contribution in [0.3, 0.4) is 0 Å². The molecular formula is C8H6N2O2S. The molecule has 0 amide bonds. The summed E-state index contributed by atoms with van der Waals surface area (Å²) >= 11 is -2.02. The molecule has 2 aromatic heterocycles. The second-order valence-corrected chi connectivity index (χ2v) is 3.38. The molecule has 5 heteroatoms. The third-order valence-corrected chi connectivity index (χ3v) is 2.22. The molecule has 0 spiro atoms. The first-order chi connectivity index (χ1) is 6.27. The van der Waals surface area contributed by atoms with Gasteiger partial charge in [0.25, 0.3) is 0 Å². The van der Waals surface area contributed by atoms with Crippen LogP contribution in [0.15, 0.2) is 35.6 Å². The predicted octanol–water partition coefficient (Wildman–Crippen LogP) is 1.21. The van der Waals surface area contributed by atoms with Crippen molar-refractivity contribution in [1.82, 2.24) is 9.97 Å². The van der Waals surface area contributed by atoms with Crippen molar-refractivity contribution < 1.29 is 8.76 Å². The van der Waals surface area contributed by atoms with E-state index in [0.717, 1.165) is 10.9 Å². The van der Waals surface area contributed by atoms with Gasteiger partial charge in [0.1, 0.15) is 0 Å². The maximum Gasteiger partial charge on any atom is 0.205 e. The molecule has 0 aliphatic carbocycles. The molecule has 0 aromatic carbocycles. The van der Waals surface area contributed by atoms with Gasteiger partial charge >= 0.3 is 0 Å². The Morgan fingerprint density at radius 2 is 2.23 bits per heavy atom. The largest absolute Gasteiger partial charge is 0.301 e. The Hall–Kier alpha value is -1.33. The maximum absolute atomic E-state index is 10.7. The summed E-state index contributed by atoms with van der Waals surface area (Å²) in [6.07, 6.45) is 3.14. The number of aromatic nitrogens is 2. The van der Waals surface area contributed by atoms with E-state index in [2.05, 4.69) is 9.97 Å². The highest BCUT2D eigenvalue weighted by Crippen LogP contribution is 2.11. The van der Waals surface area contributed by atoms with Gasteiger partial charge in [-0.1, -0.05) is 6.07 Å². The summed E-state index contributed by atoms with van der Waals surface area (Å²) in [4.78, 5) is 7.83. The molecule has 13 heavy (non-hydrogen) atoms. The van der Waals surface area contributed by atoms with Crippen LogP contribution in [0, 0.1) is 0 Å². The van der Waals surface area contributed by atoms with Crippen molar-refractivity contribution in [2.24, 2.45) is 0 Å². The first-order valence-electron chi connectivity index (χ1n) is 3.59. The second-order valence-electron chi connectivity index (χ2n) is 2.47. The van der Waals surface area contributed by atoms with E-state index < -0.39 is 11.1 Å². The molecule has 1 atom stereocenters. The molecule has 66 valence electrons. The van der Waals surface area contributed by atoms with Gasteiger partial charge < -0.3 is 4.55 Å². The van der Waals surface area contributed by atoms with Gasteiger partial charge in [-0.3, -0.25) is 4.98 Å². The zero-order valence-electron chi connectivity index (χ0n) is 6.54. The highest BCUT2D eigenvalue weighted by atomic mass is 32.2. The summed E-state index contributed by atoms with van der Waals surface area (Å²) in [6, 6.07) is 5.14. The Labute approximate surface area is 76.9 Å². The van der Waals surface area contributed by atoms with Gasteiger partial charge in [0.05, 0.1) is 11.7 Å². The summed E-state index contributed by atoms with van der Waals surface area (Å²) in [5.74, 6) is 0. The number of hydrogen-bond acceptors (Lipinski definition) is 3. The molecule has 2 rings (SSSR count). The Morgan fingerprint density at radius 3 is 3.00 bits per heavy atom. The third kappa shape index (κ3) is 1.56. The number of fused-ring (bicyclic) bond motifs is 1. The van der Waals surface area contributed by atoms with Crippen LogP contribution in [0.4, 0.5) is 0 Å². The third-order valence-electron chi connectivity index (χ3n) is 1.64. The van der Waals surface area contributed by atoms with Crippen LogP contribution in [0.1, 0.15) is 0 Å². The fraction of sp³-hybridized carbons (Fsp3) is 0. The lowest BCUT2D eigenvalue weighted by atomic mass is 10.3. The first-order valence-corrected chi connectivity index (χ1v) is 4.70. The molecule has 2 heterocycles. The van der Waals surface area contributed by atoms with Gasteiger partial charge in [0, 0.05) is 11.6 Å². The summed E-state index contributed by atoms with van der Waals surface area (Å²) in [5.41, 5.74) is 0.719. The smallest absolute Gasteiger partial charge is 0.205 e. The quantitative estimate of drug-likeness (QED) is 0.693. The minimum absolute atomic E-state index is 0.153. The summed E-state index contributed by atoms with van der Waals surface area (Å²) in [6.45, 7) is 0. The van der Waals surface area contributed by atoms with E-state index in [1.807, 2.05) is 6.07 Å². The Bertz CT molecular complexity index is 472. The van der Waals surface area contributed by atoms with Crippen molar-refractivity contribution in [2.75, 3.05) is 0 Å². The topological polar surface area (TPSA) is 63.1 Å². The molecule has 0 saturated heterocycles. The Balaban J connectivity index is 2.69. The molecule has 1 unspecified atom stereocenters. The monoisotopic (exact) mass is 194 g/mol. The first kappa shape index (κ1) is 8.28. The van der Waals surface area contributed by atoms with E-state index in [1.165, 1.54) is 6.20 Å². The van der Waals surface area contributed by atoms with E-state index in [1.54, 1.807) is 18.3 Å². The highest BCUT2D eigenvalue weighted by molar-refractivity contribution is 7.79. The number of nitrogens with zero attached hydrogens (tertiary/aromatic N) is 2. The summed E-state index contributed by atoms with van der Waals surface area (Å²) in [5, 5.41) is 0.968. The Kier molecular flexibility index (Phi) is 2.03. The van der Waals surface area contributed by atoms with Crippen molar-refractivity contribution in [3.05, 3.63) is 30.6 Å². The van der Waals surface area contributed by atoms with Crippen molar-refractivity contribution in [3.63, 3.8) is 0 Å². The van der Waals surface area contributed by atoms with Gasteiger partial charge in [0.2, 0.25) is 11.1 Å². The zero-order valence-corrected chi connectivity index (χ0v) is 7.36. The average molecular weight is 194 g/mol. The number of hydrogen-bond donors (Lipinski definition) is 1. The van der Waals surface area contributed by atoms with E-state index in [9.17, 15) is 4.21 Å². The van der Waals surface area contributed by atoms with E-state index in [4.69, 9.17) is 4.55 Å². The SMILES string of the molecule is O=S(O)c1cc2cccnc2cn1. The van der Waals surface area contributed by atoms with Gasteiger partial charge in [-0.25, -0.2) is 9.19 Å². The predicted molar refractivity (Wildman–Crippen MR) is 48.6 cm³/mol. The fourth-order valence-electron chi connectivity index (χ4n) is 1.05. The van der Waals surface area contributed by atoms with Gasteiger partial charge in [-0.15, -0.1) is 0 Å². The molecule has 0 fully saturated rings. The van der Waals surface area contributed by atoms with Crippen molar-refractivity contribution in [1.29, 1.82) is 0 Å². The van der Waals surface area contributed by atoms with Crippen LogP contribution in [-0.2, 0) is 11.1 Å². The van der Waals surface area contributed by atoms with Crippen LogP contribution >= 0.6 is 0 Å². The highest BCUT2D eigenvalue weighted by Gasteiger charge is 2.02. The number of pyridine rings is 2. The van der Waals surface area contributed by atoms with Crippen LogP contribution in [0.25, 0.3) is 10.9 Å². The lowest BCUT2D eigenvalue weighted by Crippen LogP contribution is -1.92. The van der Waals surface area contributed by atoms with E-state index >= 15 is 0 Å². The Morgan fingerprint density at radius 1 is 1.38 bits per heavy atom. The lowest BCUT2D eigenvalue weighted by molar-refractivity contribution is 0.560. The molecule has 0 aliphatic heterocycles. The normalized spacial score (nSPS) is 13.0. The number of rotatable bonds is 1. The van der Waals surface area contributed by atoms with Gasteiger partial charge in [0.15, 0.2) is 5.03 Å². The lowest BCUT2D eigenvalue weighted by Gasteiger charge is -1.96. The van der Waals surface area contributed by atoms with Crippen LogP contribution < -0.4 is 0 Å². The molecule has 0 radical (unpaired) electrons. The maximum atomic E-state index is 10.7. The standard InChI is InChI=1S/C8H6N2O2S/c11-13(12)8-4-6-2-1-3-9-7(6)5-10-8/h1-5H,(H,11,12). The molecule has 0 aliphatic rings. The molecule has 1 N–H and O–H groups in total. The molecule has 4 nitrogen and oxygen atoms in total. The molecular weight excluding hydrogens is 188 g/mol. The average Bonchev–Trinajstić information content (AvgIpc) is 2.17. The fourth-order valence-corrected chi connectivity index (χ4v) is 1.42. The van der Waals surface area contributed by atoms with Crippen molar-refractivity contribution in [2.45, 2.75) is 5.03 Å².